The summed E-state index contributed by atoms with van der Waals surface area (Å²) in [4.78, 5) is 29.0. The number of nitrogens with one attached hydrogen (secondary N) is 2. The Kier molecular flexibility index (Phi) is 9.65. The average molecular weight is 596 g/mol. The standard InChI is InChI=1S/C30H42N4O4.2ClH/c1-4-19(2)26(28(35)32-34-15-7-5-6-8-16-34)31-29(36)37-23-13-12-20-18-22-21-10-9-11-24-30(21,14-17-33(22)3)25(20)27(23)38-24;;/h9-10,12-13,19,21-22,24,26H,4-8,11,14-18H2,1-3H3,(H,31,36)(H,32,35);2*1H/t19-,21?,22?,24-,26-,30+;;/m0../s1. The first-order chi connectivity index (χ1) is 18.4. The lowest BCUT2D eigenvalue weighted by Gasteiger charge is -2.55. The van der Waals surface area contributed by atoms with Gasteiger partial charge in [-0.3, -0.25) is 10.2 Å². The van der Waals surface area contributed by atoms with Gasteiger partial charge >= 0.3 is 6.09 Å². The molecule has 2 bridgehead atoms. The summed E-state index contributed by atoms with van der Waals surface area (Å²) in [7, 11) is 2.23. The highest BCUT2D eigenvalue weighted by Gasteiger charge is 2.62. The number of likely N-dealkylation sites (N-methyl/N-ethyl adjacent to an activating group) is 1. The second-order valence-corrected chi connectivity index (χ2v) is 12.0. The van der Waals surface area contributed by atoms with Crippen LogP contribution >= 0.6 is 24.8 Å². The number of likely N-dealkylation sites (tertiary alicyclic amines) is 1. The highest BCUT2D eigenvalue weighted by molar-refractivity contribution is 5.86. The lowest BCUT2D eigenvalue weighted by atomic mass is 9.54. The highest BCUT2D eigenvalue weighted by atomic mass is 35.5. The van der Waals surface area contributed by atoms with Gasteiger partial charge in [-0.2, -0.15) is 0 Å². The highest BCUT2D eigenvalue weighted by Crippen LogP contribution is 2.62. The smallest absolute Gasteiger partial charge is 0.413 e. The first-order valence-electron chi connectivity index (χ1n) is 14.7. The Labute approximate surface area is 250 Å². The van der Waals surface area contributed by atoms with Crippen molar-refractivity contribution in [2.75, 3.05) is 26.7 Å². The van der Waals surface area contributed by atoms with Crippen LogP contribution in [0.25, 0.3) is 0 Å². The molecule has 6 atom stereocenters. The van der Waals surface area contributed by atoms with E-state index in [1.165, 1.54) is 24.0 Å². The summed E-state index contributed by atoms with van der Waals surface area (Å²) < 4.78 is 12.5. The van der Waals surface area contributed by atoms with E-state index in [-0.39, 0.29) is 48.2 Å². The number of ether oxygens (including phenoxy) is 2. The molecule has 40 heavy (non-hydrogen) atoms. The fraction of sp³-hybridized carbons (Fsp3) is 0.667. The predicted octanol–water partition coefficient (Wildman–Crippen LogP) is 4.78. The summed E-state index contributed by atoms with van der Waals surface area (Å²) in [6.45, 7) is 6.75. The van der Waals surface area contributed by atoms with E-state index in [1.54, 1.807) is 0 Å². The molecule has 0 aromatic heterocycles. The second-order valence-electron chi connectivity index (χ2n) is 12.0. The van der Waals surface area contributed by atoms with Gasteiger partial charge in [-0.25, -0.2) is 9.80 Å². The van der Waals surface area contributed by atoms with Crippen molar-refractivity contribution in [2.24, 2.45) is 11.8 Å². The first kappa shape index (κ1) is 30.9. The van der Waals surface area contributed by atoms with Gasteiger partial charge in [-0.1, -0.05) is 51.3 Å². The van der Waals surface area contributed by atoms with E-state index in [9.17, 15) is 9.59 Å². The number of amides is 2. The maximum atomic E-state index is 13.2. The maximum Gasteiger partial charge on any atom is 0.413 e. The third-order valence-corrected chi connectivity index (χ3v) is 9.93. The molecule has 0 saturated carbocycles. The lowest BCUT2D eigenvalue weighted by Crippen LogP contribution is -2.62. The summed E-state index contributed by atoms with van der Waals surface area (Å²) in [5, 5.41) is 4.88. The number of benzene rings is 1. The molecule has 5 aliphatic rings. The molecule has 3 aliphatic heterocycles. The molecular weight excluding hydrogens is 551 g/mol. The van der Waals surface area contributed by atoms with Gasteiger partial charge in [0.1, 0.15) is 12.1 Å². The molecule has 1 aromatic carbocycles. The minimum absolute atomic E-state index is 0. The van der Waals surface area contributed by atoms with Gasteiger partial charge in [-0.05, 0) is 56.8 Å². The zero-order valence-corrected chi connectivity index (χ0v) is 25.5. The van der Waals surface area contributed by atoms with Crippen LogP contribution in [0.4, 0.5) is 4.79 Å². The van der Waals surface area contributed by atoms with Gasteiger partial charge < -0.3 is 19.7 Å². The summed E-state index contributed by atoms with van der Waals surface area (Å²) in [5.41, 5.74) is 5.58. The summed E-state index contributed by atoms with van der Waals surface area (Å²) in [6.07, 6.45) is 12.3. The topological polar surface area (TPSA) is 83.1 Å². The van der Waals surface area contributed by atoms with Crippen molar-refractivity contribution in [1.82, 2.24) is 20.7 Å². The van der Waals surface area contributed by atoms with Crippen LogP contribution in [0.15, 0.2) is 24.3 Å². The number of carbonyl (C=O) groups excluding carboxylic acids is 2. The van der Waals surface area contributed by atoms with Crippen LogP contribution in [-0.2, 0) is 16.6 Å². The van der Waals surface area contributed by atoms with Crippen LogP contribution in [0.2, 0.25) is 0 Å². The predicted molar refractivity (Wildman–Crippen MR) is 160 cm³/mol. The fourth-order valence-electron chi connectivity index (χ4n) is 7.65. The molecule has 2 saturated heterocycles. The van der Waals surface area contributed by atoms with Crippen LogP contribution in [0.1, 0.15) is 69.9 Å². The molecule has 1 spiro atoms. The molecule has 1 aromatic rings. The van der Waals surface area contributed by atoms with Gasteiger partial charge in [0.05, 0.1) is 0 Å². The van der Waals surface area contributed by atoms with Gasteiger partial charge in [0.25, 0.3) is 5.91 Å². The zero-order valence-electron chi connectivity index (χ0n) is 23.8. The molecular formula is C30H44Cl2N4O4. The summed E-state index contributed by atoms with van der Waals surface area (Å²) in [6, 6.07) is 3.79. The second kappa shape index (κ2) is 12.5. The number of piperidine rings is 1. The molecule has 6 rings (SSSR count). The number of hydrogen-bond acceptors (Lipinski definition) is 6. The third kappa shape index (κ3) is 5.21. The van der Waals surface area contributed by atoms with E-state index < -0.39 is 12.1 Å². The van der Waals surface area contributed by atoms with Crippen LogP contribution in [0.5, 0.6) is 11.5 Å². The lowest BCUT2D eigenvalue weighted by molar-refractivity contribution is -0.129. The first-order valence-corrected chi connectivity index (χ1v) is 14.7. The van der Waals surface area contributed by atoms with E-state index in [4.69, 9.17) is 9.47 Å². The van der Waals surface area contributed by atoms with Crippen molar-refractivity contribution in [2.45, 2.75) is 88.8 Å². The van der Waals surface area contributed by atoms with Gasteiger partial charge in [0.15, 0.2) is 11.5 Å². The largest absolute Gasteiger partial charge is 0.485 e. The number of halogens is 2. The third-order valence-electron chi connectivity index (χ3n) is 9.93. The fourth-order valence-corrected chi connectivity index (χ4v) is 7.65. The minimum atomic E-state index is -0.674. The van der Waals surface area contributed by atoms with Gasteiger partial charge in [-0.15, -0.1) is 24.8 Å². The van der Waals surface area contributed by atoms with Crippen molar-refractivity contribution < 1.29 is 19.1 Å². The number of nitrogens with zero attached hydrogens (tertiary/aromatic N) is 2. The maximum absolute atomic E-state index is 13.2. The molecule has 222 valence electrons. The Hall–Kier alpha value is -2.00. The monoisotopic (exact) mass is 594 g/mol. The molecule has 2 N–H and O–H groups in total. The normalized spacial score (nSPS) is 29.8. The molecule has 2 unspecified atom stereocenters. The van der Waals surface area contributed by atoms with Crippen LogP contribution in [-0.4, -0.2) is 66.8 Å². The quantitative estimate of drug-likeness (QED) is 0.461. The Morgan fingerprint density at radius 2 is 1.90 bits per heavy atom. The van der Waals surface area contributed by atoms with Crippen molar-refractivity contribution in [1.29, 1.82) is 0 Å². The number of hydrogen-bond donors (Lipinski definition) is 2. The Balaban J connectivity index is 0.00000185. The number of rotatable bonds is 6. The zero-order chi connectivity index (χ0) is 26.4. The molecule has 2 fully saturated rings. The SMILES string of the molecule is CC[C@H](C)[C@H](NC(=O)Oc1ccc2c3c1O[C@H]1CC=CC4C(C2)N(C)CC[C@@]341)C(=O)NN1CCCCCC1.Cl.Cl. The molecule has 10 heteroatoms. The summed E-state index contributed by atoms with van der Waals surface area (Å²) >= 11 is 0. The molecule has 3 heterocycles. The molecule has 2 amide bonds. The van der Waals surface area contributed by atoms with Crippen molar-refractivity contribution >= 4 is 36.8 Å². The van der Waals surface area contributed by atoms with E-state index in [0.717, 1.165) is 63.9 Å². The number of hydrazine groups is 1. The van der Waals surface area contributed by atoms with Gasteiger partial charge in [0.2, 0.25) is 0 Å². The Bertz CT molecular complexity index is 1130. The molecule has 0 radical (unpaired) electrons. The van der Waals surface area contributed by atoms with Crippen molar-refractivity contribution in [3.63, 3.8) is 0 Å². The molecule has 2 aliphatic carbocycles. The van der Waals surface area contributed by atoms with Gasteiger partial charge in [0, 0.05) is 42.4 Å². The summed E-state index contributed by atoms with van der Waals surface area (Å²) in [5.74, 6) is 1.38. The minimum Gasteiger partial charge on any atom is -0.485 e. The average Bonchev–Trinajstić information content (AvgIpc) is 3.05. The Morgan fingerprint density at radius 3 is 2.62 bits per heavy atom. The van der Waals surface area contributed by atoms with E-state index in [2.05, 4.69) is 40.9 Å². The number of carbonyl (C=O) groups is 2. The molecule has 8 nitrogen and oxygen atoms in total. The van der Waals surface area contributed by atoms with Crippen molar-refractivity contribution in [3.05, 3.63) is 35.4 Å². The van der Waals surface area contributed by atoms with Crippen LogP contribution in [0.3, 0.4) is 0 Å². The van der Waals surface area contributed by atoms with E-state index in [0.29, 0.717) is 17.7 Å². The van der Waals surface area contributed by atoms with Crippen LogP contribution < -0.4 is 20.2 Å². The Morgan fingerprint density at radius 1 is 1.15 bits per heavy atom. The van der Waals surface area contributed by atoms with E-state index >= 15 is 0 Å². The van der Waals surface area contributed by atoms with Crippen molar-refractivity contribution in [3.8, 4) is 11.5 Å². The van der Waals surface area contributed by atoms with Crippen LogP contribution in [0, 0.1) is 11.8 Å². The van der Waals surface area contributed by atoms with E-state index in [1.807, 2.05) is 24.9 Å².